The van der Waals surface area contributed by atoms with E-state index in [1.54, 1.807) is 11.6 Å². The smallest absolute Gasteiger partial charge is 0.406 e. The summed E-state index contributed by atoms with van der Waals surface area (Å²) in [5.74, 6) is -2.61. The van der Waals surface area contributed by atoms with Crippen LogP contribution in [0.5, 0.6) is 0 Å². The number of likely N-dealkylation sites (tertiary alicyclic amines) is 1. The Morgan fingerprint density at radius 3 is 2.44 bits per heavy atom. The summed E-state index contributed by atoms with van der Waals surface area (Å²) in [6, 6.07) is 7.37. The van der Waals surface area contributed by atoms with Gasteiger partial charge in [-0.05, 0) is 31.9 Å². The maximum atomic E-state index is 13.3. The van der Waals surface area contributed by atoms with Gasteiger partial charge in [0, 0.05) is 13.1 Å². The standard InChI is InChI=1S/C18H18F3N3O3/c1-11-5-3-4-6-14(11)24-12(2)13(9-22-24)15(25)23-8-7-17(10-23,16(26)27)18(19,20)21/h3-6,9H,7-8,10H2,1-2H3,(H,26,27). The SMILES string of the molecule is Cc1ccccc1-n1ncc(C(=O)N2CCC(C(=O)O)(C(F)(F)F)C2)c1C. The van der Waals surface area contributed by atoms with Gasteiger partial charge in [-0.2, -0.15) is 18.3 Å². The molecule has 1 saturated heterocycles. The first-order valence-corrected chi connectivity index (χ1v) is 8.28. The molecule has 1 aliphatic heterocycles. The van der Waals surface area contributed by atoms with Crippen LogP contribution in [0.4, 0.5) is 13.2 Å². The first-order valence-electron chi connectivity index (χ1n) is 8.28. The van der Waals surface area contributed by atoms with Gasteiger partial charge in [-0.25, -0.2) is 4.68 Å². The third-order valence-corrected chi connectivity index (χ3v) is 5.09. The number of nitrogens with zero attached hydrogens (tertiary/aromatic N) is 3. The van der Waals surface area contributed by atoms with Gasteiger partial charge in [0.05, 0.1) is 23.1 Å². The Labute approximate surface area is 153 Å². The lowest BCUT2D eigenvalue weighted by molar-refractivity contribution is -0.227. The van der Waals surface area contributed by atoms with Crippen molar-refractivity contribution in [3.63, 3.8) is 0 Å². The van der Waals surface area contributed by atoms with E-state index in [1.807, 2.05) is 31.2 Å². The number of aromatic nitrogens is 2. The van der Waals surface area contributed by atoms with Gasteiger partial charge >= 0.3 is 12.1 Å². The molecule has 0 radical (unpaired) electrons. The predicted molar refractivity (Wildman–Crippen MR) is 89.7 cm³/mol. The normalized spacial score (nSPS) is 20.1. The highest BCUT2D eigenvalue weighted by atomic mass is 19.4. The molecule has 0 aliphatic carbocycles. The summed E-state index contributed by atoms with van der Waals surface area (Å²) >= 11 is 0. The molecule has 27 heavy (non-hydrogen) atoms. The molecular formula is C18H18F3N3O3. The van der Waals surface area contributed by atoms with Crippen molar-refractivity contribution in [1.29, 1.82) is 0 Å². The third-order valence-electron chi connectivity index (χ3n) is 5.09. The summed E-state index contributed by atoms with van der Waals surface area (Å²) in [5.41, 5.74) is -0.616. The molecule has 1 amide bonds. The molecule has 2 aromatic rings. The number of aliphatic carboxylic acids is 1. The molecule has 144 valence electrons. The van der Waals surface area contributed by atoms with E-state index in [1.165, 1.54) is 6.20 Å². The van der Waals surface area contributed by atoms with E-state index in [9.17, 15) is 22.8 Å². The van der Waals surface area contributed by atoms with Crippen LogP contribution < -0.4 is 0 Å². The predicted octanol–water partition coefficient (Wildman–Crippen LogP) is 2.97. The Morgan fingerprint density at radius 1 is 1.22 bits per heavy atom. The number of para-hydroxylation sites is 1. The van der Waals surface area contributed by atoms with Crippen LogP contribution in [-0.2, 0) is 4.79 Å². The number of aryl methyl sites for hydroxylation is 1. The van der Waals surface area contributed by atoms with Crippen LogP contribution in [0, 0.1) is 19.3 Å². The molecular weight excluding hydrogens is 363 g/mol. The number of carbonyl (C=O) groups is 2. The molecule has 6 nitrogen and oxygen atoms in total. The van der Waals surface area contributed by atoms with E-state index in [2.05, 4.69) is 5.10 Å². The lowest BCUT2D eigenvalue weighted by Gasteiger charge is -2.27. The fraction of sp³-hybridized carbons (Fsp3) is 0.389. The van der Waals surface area contributed by atoms with E-state index in [-0.39, 0.29) is 12.1 Å². The lowest BCUT2D eigenvalue weighted by atomic mass is 9.86. The highest BCUT2D eigenvalue weighted by Gasteiger charge is 2.64. The highest BCUT2D eigenvalue weighted by Crippen LogP contribution is 2.46. The molecule has 1 aliphatic rings. The van der Waals surface area contributed by atoms with Crippen molar-refractivity contribution >= 4 is 11.9 Å². The Morgan fingerprint density at radius 2 is 1.89 bits per heavy atom. The second kappa shape index (κ2) is 6.40. The van der Waals surface area contributed by atoms with Crippen LogP contribution >= 0.6 is 0 Å². The Balaban J connectivity index is 1.90. The summed E-state index contributed by atoms with van der Waals surface area (Å²) < 4.78 is 41.5. The summed E-state index contributed by atoms with van der Waals surface area (Å²) in [6.45, 7) is 2.35. The Kier molecular flexibility index (Phi) is 4.49. The number of hydrogen-bond donors (Lipinski definition) is 1. The van der Waals surface area contributed by atoms with Gasteiger partial charge in [0.15, 0.2) is 5.41 Å². The van der Waals surface area contributed by atoms with Crippen molar-refractivity contribution in [2.24, 2.45) is 5.41 Å². The van der Waals surface area contributed by atoms with Crippen LogP contribution in [-0.4, -0.2) is 50.9 Å². The van der Waals surface area contributed by atoms with Gasteiger partial charge < -0.3 is 10.0 Å². The monoisotopic (exact) mass is 381 g/mol. The van der Waals surface area contributed by atoms with Crippen LogP contribution in [0.1, 0.15) is 28.0 Å². The lowest BCUT2D eigenvalue weighted by Crippen LogP contribution is -2.47. The number of benzene rings is 1. The highest BCUT2D eigenvalue weighted by molar-refractivity contribution is 5.96. The van der Waals surface area contributed by atoms with Crippen molar-refractivity contribution in [2.45, 2.75) is 26.4 Å². The average molecular weight is 381 g/mol. The largest absolute Gasteiger partial charge is 0.481 e. The van der Waals surface area contributed by atoms with Crippen molar-refractivity contribution in [1.82, 2.24) is 14.7 Å². The topological polar surface area (TPSA) is 75.4 Å². The maximum Gasteiger partial charge on any atom is 0.406 e. The first kappa shape index (κ1) is 18.9. The Hall–Kier alpha value is -2.84. The van der Waals surface area contributed by atoms with Gasteiger partial charge in [0.1, 0.15) is 0 Å². The number of alkyl halides is 3. The molecule has 1 aromatic carbocycles. The zero-order chi connectivity index (χ0) is 20.0. The van der Waals surface area contributed by atoms with Gasteiger partial charge in [-0.3, -0.25) is 9.59 Å². The molecule has 1 unspecified atom stereocenters. The van der Waals surface area contributed by atoms with Crippen molar-refractivity contribution in [3.05, 3.63) is 47.3 Å². The summed E-state index contributed by atoms with van der Waals surface area (Å²) in [6.07, 6.45) is -4.30. The second-order valence-corrected chi connectivity index (χ2v) is 6.70. The average Bonchev–Trinajstić information content (AvgIpc) is 3.19. The van der Waals surface area contributed by atoms with E-state index >= 15 is 0 Å². The Bertz CT molecular complexity index is 907. The van der Waals surface area contributed by atoms with Crippen molar-refractivity contribution < 1.29 is 27.9 Å². The zero-order valence-corrected chi connectivity index (χ0v) is 14.7. The van der Waals surface area contributed by atoms with Crippen LogP contribution in [0.15, 0.2) is 30.5 Å². The van der Waals surface area contributed by atoms with E-state index in [4.69, 9.17) is 5.11 Å². The molecule has 1 atom stereocenters. The van der Waals surface area contributed by atoms with Crippen molar-refractivity contribution in [3.8, 4) is 5.69 Å². The summed E-state index contributed by atoms with van der Waals surface area (Å²) in [4.78, 5) is 25.0. The fourth-order valence-electron chi connectivity index (χ4n) is 3.34. The number of amides is 1. The van der Waals surface area contributed by atoms with E-state index in [0.717, 1.165) is 16.2 Å². The van der Waals surface area contributed by atoms with E-state index < -0.39 is 36.4 Å². The molecule has 0 saturated carbocycles. The number of carboxylic acids is 1. The minimum atomic E-state index is -4.94. The van der Waals surface area contributed by atoms with E-state index in [0.29, 0.717) is 5.69 Å². The van der Waals surface area contributed by atoms with Gasteiger partial charge in [0.2, 0.25) is 0 Å². The fourth-order valence-corrected chi connectivity index (χ4v) is 3.34. The number of halogens is 3. The molecule has 0 bridgehead atoms. The minimum Gasteiger partial charge on any atom is -0.481 e. The first-order chi connectivity index (χ1) is 12.6. The number of carbonyl (C=O) groups excluding carboxylic acids is 1. The zero-order valence-electron chi connectivity index (χ0n) is 14.7. The van der Waals surface area contributed by atoms with Gasteiger partial charge in [-0.15, -0.1) is 0 Å². The molecule has 1 N–H and O–H groups in total. The summed E-state index contributed by atoms with van der Waals surface area (Å²) in [5, 5.41) is 13.3. The number of hydrogen-bond acceptors (Lipinski definition) is 3. The second-order valence-electron chi connectivity index (χ2n) is 6.70. The summed E-state index contributed by atoms with van der Waals surface area (Å²) in [7, 11) is 0. The molecule has 2 heterocycles. The molecule has 1 aromatic heterocycles. The van der Waals surface area contributed by atoms with Crippen molar-refractivity contribution in [2.75, 3.05) is 13.1 Å². The van der Waals surface area contributed by atoms with Crippen LogP contribution in [0.3, 0.4) is 0 Å². The quantitative estimate of drug-likeness (QED) is 0.887. The van der Waals surface area contributed by atoms with Crippen LogP contribution in [0.2, 0.25) is 0 Å². The minimum absolute atomic E-state index is 0.154. The number of rotatable bonds is 3. The third kappa shape index (κ3) is 2.96. The maximum absolute atomic E-state index is 13.3. The van der Waals surface area contributed by atoms with Gasteiger partial charge in [0.25, 0.3) is 5.91 Å². The molecule has 1 fully saturated rings. The molecule has 9 heteroatoms. The molecule has 0 spiro atoms. The molecule has 3 rings (SSSR count). The van der Waals surface area contributed by atoms with Crippen LogP contribution in [0.25, 0.3) is 5.69 Å². The number of carboxylic acid groups (broad SMARTS) is 1. The van der Waals surface area contributed by atoms with Gasteiger partial charge in [-0.1, -0.05) is 18.2 Å².